The SMILES string of the molecule is CCCCOC(=O)c1ccc(NC(=O)c2ccc(-c3nnco3)cc2)cc1. The monoisotopic (exact) mass is 365 g/mol. The van der Waals surface area contributed by atoms with Crippen LogP contribution in [0.25, 0.3) is 11.5 Å². The molecule has 0 fully saturated rings. The van der Waals surface area contributed by atoms with E-state index in [1.807, 2.05) is 6.92 Å². The lowest BCUT2D eigenvalue weighted by atomic mass is 10.1. The maximum Gasteiger partial charge on any atom is 0.338 e. The first-order valence-electron chi connectivity index (χ1n) is 8.62. The van der Waals surface area contributed by atoms with Crippen molar-refractivity contribution in [3.63, 3.8) is 0 Å². The lowest BCUT2D eigenvalue weighted by Crippen LogP contribution is -2.12. The quantitative estimate of drug-likeness (QED) is 0.503. The average Bonchev–Trinajstić information content (AvgIpc) is 3.23. The Bertz CT molecular complexity index is 888. The van der Waals surface area contributed by atoms with E-state index in [1.165, 1.54) is 6.39 Å². The molecule has 0 spiro atoms. The van der Waals surface area contributed by atoms with Crippen LogP contribution in [0.2, 0.25) is 0 Å². The minimum Gasteiger partial charge on any atom is -0.462 e. The number of ether oxygens (including phenoxy) is 1. The van der Waals surface area contributed by atoms with E-state index < -0.39 is 0 Å². The van der Waals surface area contributed by atoms with Gasteiger partial charge in [-0.15, -0.1) is 10.2 Å². The molecule has 7 nitrogen and oxygen atoms in total. The van der Waals surface area contributed by atoms with Gasteiger partial charge in [0.15, 0.2) is 0 Å². The van der Waals surface area contributed by atoms with Crippen molar-refractivity contribution in [2.24, 2.45) is 0 Å². The topological polar surface area (TPSA) is 94.3 Å². The summed E-state index contributed by atoms with van der Waals surface area (Å²) in [5.41, 5.74) is 2.26. The molecule has 2 aromatic carbocycles. The smallest absolute Gasteiger partial charge is 0.338 e. The van der Waals surface area contributed by atoms with E-state index in [1.54, 1.807) is 48.5 Å². The van der Waals surface area contributed by atoms with Crippen molar-refractivity contribution in [1.29, 1.82) is 0 Å². The molecular weight excluding hydrogens is 346 g/mol. The molecule has 1 amide bonds. The molecule has 0 atom stereocenters. The molecule has 3 aromatic rings. The van der Waals surface area contributed by atoms with Crippen molar-refractivity contribution in [2.75, 3.05) is 11.9 Å². The largest absolute Gasteiger partial charge is 0.462 e. The van der Waals surface area contributed by atoms with Gasteiger partial charge < -0.3 is 14.5 Å². The van der Waals surface area contributed by atoms with E-state index in [0.29, 0.717) is 29.3 Å². The predicted octanol–water partition coefficient (Wildman–Crippen LogP) is 3.95. The molecule has 0 unspecified atom stereocenters. The number of esters is 1. The van der Waals surface area contributed by atoms with Gasteiger partial charge in [-0.25, -0.2) is 4.79 Å². The first-order chi connectivity index (χ1) is 13.2. The van der Waals surface area contributed by atoms with Gasteiger partial charge in [0.25, 0.3) is 5.91 Å². The van der Waals surface area contributed by atoms with E-state index in [9.17, 15) is 9.59 Å². The van der Waals surface area contributed by atoms with Crippen LogP contribution in [0.3, 0.4) is 0 Å². The number of carbonyl (C=O) groups excluding carboxylic acids is 2. The molecule has 0 aliphatic carbocycles. The third-order valence-electron chi connectivity index (χ3n) is 3.86. The Morgan fingerprint density at radius 3 is 2.37 bits per heavy atom. The highest BCUT2D eigenvalue weighted by Crippen LogP contribution is 2.18. The highest BCUT2D eigenvalue weighted by molar-refractivity contribution is 6.04. The van der Waals surface area contributed by atoms with Crippen molar-refractivity contribution < 1.29 is 18.7 Å². The summed E-state index contributed by atoms with van der Waals surface area (Å²) < 4.78 is 10.3. The Kier molecular flexibility index (Phi) is 5.94. The third kappa shape index (κ3) is 4.78. The van der Waals surface area contributed by atoms with Gasteiger partial charge in [0.2, 0.25) is 12.3 Å². The lowest BCUT2D eigenvalue weighted by molar-refractivity contribution is 0.0499. The second-order valence-electron chi connectivity index (χ2n) is 5.84. The highest BCUT2D eigenvalue weighted by atomic mass is 16.5. The summed E-state index contributed by atoms with van der Waals surface area (Å²) in [6, 6.07) is 13.4. The Hall–Kier alpha value is -3.48. The molecule has 0 saturated heterocycles. The van der Waals surface area contributed by atoms with Crippen LogP contribution >= 0.6 is 0 Å². The van der Waals surface area contributed by atoms with Crippen molar-refractivity contribution in [1.82, 2.24) is 10.2 Å². The fourth-order valence-electron chi connectivity index (χ4n) is 2.35. The van der Waals surface area contributed by atoms with Gasteiger partial charge in [-0.2, -0.15) is 0 Å². The summed E-state index contributed by atoms with van der Waals surface area (Å²) >= 11 is 0. The zero-order valence-corrected chi connectivity index (χ0v) is 14.8. The number of carbonyl (C=O) groups is 2. The van der Waals surface area contributed by atoms with Crippen LogP contribution in [0.5, 0.6) is 0 Å². The molecule has 138 valence electrons. The molecule has 0 radical (unpaired) electrons. The number of unbranched alkanes of at least 4 members (excludes halogenated alkanes) is 1. The second kappa shape index (κ2) is 8.75. The molecular formula is C20H19N3O4. The Balaban J connectivity index is 1.60. The molecule has 7 heteroatoms. The van der Waals surface area contributed by atoms with Gasteiger partial charge in [-0.1, -0.05) is 13.3 Å². The molecule has 3 rings (SSSR count). The van der Waals surface area contributed by atoms with Crippen molar-refractivity contribution in [3.05, 3.63) is 66.1 Å². The summed E-state index contributed by atoms with van der Waals surface area (Å²) in [4.78, 5) is 24.2. The van der Waals surface area contributed by atoms with Crippen LogP contribution in [0, 0.1) is 0 Å². The average molecular weight is 365 g/mol. The lowest BCUT2D eigenvalue weighted by Gasteiger charge is -2.07. The molecule has 27 heavy (non-hydrogen) atoms. The molecule has 1 aromatic heterocycles. The number of anilines is 1. The Morgan fingerprint density at radius 1 is 1.04 bits per heavy atom. The van der Waals surface area contributed by atoms with Crippen molar-refractivity contribution >= 4 is 17.6 Å². The molecule has 0 bridgehead atoms. The van der Waals surface area contributed by atoms with Gasteiger partial charge >= 0.3 is 5.97 Å². The van der Waals surface area contributed by atoms with Crippen LogP contribution in [0.4, 0.5) is 5.69 Å². The molecule has 0 aliphatic heterocycles. The van der Waals surface area contributed by atoms with Crippen LogP contribution in [-0.4, -0.2) is 28.7 Å². The summed E-state index contributed by atoms with van der Waals surface area (Å²) in [5, 5.41) is 10.2. The van der Waals surface area contributed by atoms with Crippen LogP contribution < -0.4 is 5.32 Å². The van der Waals surface area contributed by atoms with Crippen molar-refractivity contribution in [2.45, 2.75) is 19.8 Å². The second-order valence-corrected chi connectivity index (χ2v) is 5.84. The maximum absolute atomic E-state index is 12.4. The first-order valence-corrected chi connectivity index (χ1v) is 8.62. The first kappa shape index (κ1) is 18.3. The molecule has 1 N–H and O–H groups in total. The summed E-state index contributed by atoms with van der Waals surface area (Å²) in [5.74, 6) is -0.230. The van der Waals surface area contributed by atoms with E-state index in [-0.39, 0.29) is 11.9 Å². The number of aromatic nitrogens is 2. The maximum atomic E-state index is 12.4. The van der Waals surface area contributed by atoms with Gasteiger partial charge in [-0.05, 0) is 55.0 Å². The highest BCUT2D eigenvalue weighted by Gasteiger charge is 2.10. The van der Waals surface area contributed by atoms with Crippen molar-refractivity contribution in [3.8, 4) is 11.5 Å². The fourth-order valence-corrected chi connectivity index (χ4v) is 2.35. The molecule has 0 aliphatic rings. The summed E-state index contributed by atoms with van der Waals surface area (Å²) in [7, 11) is 0. The minimum atomic E-state index is -0.363. The summed E-state index contributed by atoms with van der Waals surface area (Å²) in [6.45, 7) is 2.44. The number of benzene rings is 2. The number of hydrogen-bond donors (Lipinski definition) is 1. The fraction of sp³-hybridized carbons (Fsp3) is 0.200. The molecule has 1 heterocycles. The van der Waals surface area contributed by atoms with Gasteiger partial charge in [0.1, 0.15) is 0 Å². The van der Waals surface area contributed by atoms with Crippen LogP contribution in [0.15, 0.2) is 59.3 Å². The van der Waals surface area contributed by atoms with E-state index in [2.05, 4.69) is 15.5 Å². The number of nitrogens with zero attached hydrogens (tertiary/aromatic N) is 2. The van der Waals surface area contributed by atoms with Crippen LogP contribution in [0.1, 0.15) is 40.5 Å². The Morgan fingerprint density at radius 2 is 1.74 bits per heavy atom. The number of nitrogens with one attached hydrogen (secondary N) is 1. The number of rotatable bonds is 7. The van der Waals surface area contributed by atoms with Gasteiger partial charge in [-0.3, -0.25) is 4.79 Å². The van der Waals surface area contributed by atoms with E-state index in [4.69, 9.17) is 9.15 Å². The third-order valence-corrected chi connectivity index (χ3v) is 3.86. The van der Waals surface area contributed by atoms with Crippen LogP contribution in [-0.2, 0) is 4.74 Å². The summed E-state index contributed by atoms with van der Waals surface area (Å²) in [6.07, 6.45) is 3.05. The van der Waals surface area contributed by atoms with Gasteiger partial charge in [0.05, 0.1) is 12.2 Å². The predicted molar refractivity (Wildman–Crippen MR) is 99.3 cm³/mol. The minimum absolute atomic E-state index is 0.259. The number of hydrogen-bond acceptors (Lipinski definition) is 6. The normalized spacial score (nSPS) is 10.4. The van der Waals surface area contributed by atoms with Gasteiger partial charge in [0, 0.05) is 16.8 Å². The van der Waals surface area contributed by atoms with E-state index >= 15 is 0 Å². The standard InChI is InChI=1S/C20H19N3O4/c1-2-3-12-26-20(25)16-8-10-17(11-9-16)22-18(24)14-4-6-15(7-5-14)19-23-21-13-27-19/h4-11,13H,2-3,12H2,1H3,(H,22,24). The number of amides is 1. The zero-order valence-electron chi connectivity index (χ0n) is 14.8. The zero-order chi connectivity index (χ0) is 19.1. The molecule has 0 saturated carbocycles. The van der Waals surface area contributed by atoms with E-state index in [0.717, 1.165) is 18.4 Å². The Labute approximate surface area is 156 Å².